The fourth-order valence-corrected chi connectivity index (χ4v) is 13.5. The number of quaternary nitrogens is 2. The summed E-state index contributed by atoms with van der Waals surface area (Å²) in [6.07, 6.45) is 48.3. The molecule has 2 fully saturated rings. The average Bonchev–Trinajstić information content (AvgIpc) is 4.21. The van der Waals surface area contributed by atoms with Crippen molar-refractivity contribution in [1.29, 1.82) is 0 Å². The Hall–Kier alpha value is -3.21. The van der Waals surface area contributed by atoms with Crippen LogP contribution in [0.3, 0.4) is 0 Å². The number of nitrogens with zero attached hydrogens (tertiary/aromatic N) is 2. The van der Waals surface area contributed by atoms with Gasteiger partial charge in [-0.1, -0.05) is 181 Å². The van der Waals surface area contributed by atoms with Crippen molar-refractivity contribution in [3.8, 4) is 0 Å². The van der Waals surface area contributed by atoms with E-state index in [0.717, 1.165) is 67.2 Å². The molecule has 15 nitrogen and oxygen atoms in total. The number of nitrogens with one attached hydrogen (secondary N) is 2. The maximum atomic E-state index is 13.4. The largest absolute Gasteiger partial charge is 0.396 e. The molecule has 516 valence electrons. The third kappa shape index (κ3) is 42.8. The summed E-state index contributed by atoms with van der Waals surface area (Å²) in [5.41, 5.74) is 11.1. The highest BCUT2D eigenvalue weighted by Crippen LogP contribution is 2.37. The van der Waals surface area contributed by atoms with Crippen molar-refractivity contribution in [2.75, 3.05) is 67.6 Å². The van der Waals surface area contributed by atoms with Crippen molar-refractivity contribution in [2.24, 2.45) is 58.8 Å². The molecule has 2 saturated heterocycles. The summed E-state index contributed by atoms with van der Waals surface area (Å²) < 4.78 is 7.76. The van der Waals surface area contributed by atoms with Crippen LogP contribution in [0, 0.1) is 47.3 Å². The van der Waals surface area contributed by atoms with E-state index in [0.29, 0.717) is 75.4 Å². The Bertz CT molecular complexity index is 1810. The van der Waals surface area contributed by atoms with Crippen LogP contribution in [0.5, 0.6) is 0 Å². The molecule has 0 aliphatic carbocycles. The molecule has 0 bridgehead atoms. The Morgan fingerprint density at radius 2 is 0.818 bits per heavy atom. The lowest BCUT2D eigenvalue weighted by Crippen LogP contribution is -2.47. The molecule has 2 heterocycles. The molecule has 2 rings (SSSR count). The first kappa shape index (κ1) is 84.8. The van der Waals surface area contributed by atoms with Crippen LogP contribution in [0.2, 0.25) is 0 Å². The number of hydrogen-bond acceptors (Lipinski definition) is 9. The number of primary amides is 2. The van der Waals surface area contributed by atoms with Gasteiger partial charge in [0.15, 0.2) is 18.7 Å². The maximum Gasteiger partial charge on any atom is 0.225 e. The van der Waals surface area contributed by atoms with E-state index in [1.165, 1.54) is 161 Å². The van der Waals surface area contributed by atoms with E-state index in [4.69, 9.17) is 21.3 Å². The lowest BCUT2D eigenvalue weighted by molar-refractivity contribution is -0.880. The van der Waals surface area contributed by atoms with Crippen molar-refractivity contribution < 1.29 is 53.0 Å². The van der Waals surface area contributed by atoms with E-state index in [2.05, 4.69) is 90.8 Å². The molecule has 4 amide bonds. The minimum absolute atomic E-state index is 0.197. The molecule has 11 atom stereocenters. The van der Waals surface area contributed by atoms with Gasteiger partial charge in [0, 0.05) is 60.6 Å². The van der Waals surface area contributed by atoms with Crippen LogP contribution >= 0.6 is 0 Å². The number of rotatable bonds is 52. The first-order chi connectivity index (χ1) is 42.1. The second-order valence-corrected chi connectivity index (χ2v) is 28.0. The summed E-state index contributed by atoms with van der Waals surface area (Å²) in [4.78, 5) is 60.2. The standard InChI is InChI=1S/C37H71N3O4.C18H33N3O4.C18H36O/c1-7-10-11-12-13-14-15-16-17-18-19-20-21-22-23-24-25-44-30(4)36(42)39-37(43)33(26-31(8-2)35(38)41)27-34-29-40(5,6)28-32(34)9-3;1-5-12(17(19)24)7-14(18(25)20-16(23)11-22)8-15-10-21(3,4)9-13(15)6-2;1-2-3-4-5-6-7-8-9-10-11-12-13-14-15-16-17-18-19/h16-17,30-34,36,42H,7-15,18-29H2,1-6H3,(H2-,38,39,41,43);11-16,23H,5-10H2,1-4H3,(H2-,19,20,24,25);9-10,19H,2-8,11-18H2,1H3/p+2/b17-16+;;10-9+. The molecule has 2 aliphatic heterocycles. The van der Waals surface area contributed by atoms with Crippen molar-refractivity contribution in [1.82, 2.24) is 10.6 Å². The molecule has 9 N–H and O–H groups in total. The number of ether oxygens (including phenoxy) is 1. The first-order valence-corrected chi connectivity index (χ1v) is 36.3. The summed E-state index contributed by atoms with van der Waals surface area (Å²) in [5.74, 6) is -1.01. The van der Waals surface area contributed by atoms with Gasteiger partial charge in [-0.2, -0.15) is 0 Å². The summed E-state index contributed by atoms with van der Waals surface area (Å²) in [6, 6.07) is 0. The molecule has 0 saturated carbocycles. The van der Waals surface area contributed by atoms with Gasteiger partial charge in [0.1, 0.15) is 0 Å². The van der Waals surface area contributed by atoms with Crippen LogP contribution in [0.15, 0.2) is 24.3 Å². The molecule has 88 heavy (non-hydrogen) atoms. The number of nitrogens with two attached hydrogens (primary N) is 2. The molecule has 0 radical (unpaired) electrons. The number of likely N-dealkylation sites (tertiary alicyclic amines) is 2. The van der Waals surface area contributed by atoms with Crippen LogP contribution < -0.4 is 22.1 Å². The van der Waals surface area contributed by atoms with E-state index >= 15 is 0 Å². The zero-order chi connectivity index (χ0) is 66.0. The van der Waals surface area contributed by atoms with Gasteiger partial charge >= 0.3 is 0 Å². The topological polar surface area (TPSA) is 231 Å². The second-order valence-electron chi connectivity index (χ2n) is 28.0. The number of carbonyl (C=O) groups excluding carboxylic acids is 5. The van der Waals surface area contributed by atoms with Gasteiger partial charge in [-0.3, -0.25) is 24.0 Å². The van der Waals surface area contributed by atoms with Crippen LogP contribution in [0.4, 0.5) is 0 Å². The first-order valence-electron chi connectivity index (χ1n) is 36.3. The quantitative estimate of drug-likeness (QED) is 0.0101. The highest BCUT2D eigenvalue weighted by molar-refractivity contribution is 5.83. The smallest absolute Gasteiger partial charge is 0.225 e. The summed E-state index contributed by atoms with van der Waals surface area (Å²) in [5, 5.41) is 34.0. The summed E-state index contributed by atoms with van der Waals surface area (Å²) >= 11 is 0. The number of aldehydes is 1. The van der Waals surface area contributed by atoms with Crippen molar-refractivity contribution in [3.63, 3.8) is 0 Å². The number of aliphatic hydroxyl groups is 3. The van der Waals surface area contributed by atoms with E-state index in [1.807, 2.05) is 20.8 Å². The highest BCUT2D eigenvalue weighted by Gasteiger charge is 2.43. The van der Waals surface area contributed by atoms with Crippen molar-refractivity contribution in [2.45, 2.75) is 298 Å². The molecule has 0 spiro atoms. The fourth-order valence-electron chi connectivity index (χ4n) is 13.5. The van der Waals surface area contributed by atoms with E-state index in [1.54, 1.807) is 0 Å². The Balaban J connectivity index is 0.00000144. The van der Waals surface area contributed by atoms with Crippen LogP contribution in [0.25, 0.3) is 0 Å². The van der Waals surface area contributed by atoms with Crippen LogP contribution in [-0.2, 0) is 28.7 Å². The maximum absolute atomic E-state index is 13.4. The number of unbranched alkanes of at least 4 members (excludes halogenated alkanes) is 24. The fraction of sp³-hybridized carbons (Fsp3) is 0.877. The predicted octanol–water partition coefficient (Wildman–Crippen LogP) is 13.8. The molecule has 0 aromatic carbocycles. The zero-order valence-corrected chi connectivity index (χ0v) is 58.8. The van der Waals surface area contributed by atoms with Crippen LogP contribution in [-0.4, -0.2) is 140 Å². The van der Waals surface area contributed by atoms with E-state index in [9.17, 15) is 34.2 Å². The molecule has 0 aromatic heterocycles. The summed E-state index contributed by atoms with van der Waals surface area (Å²) in [7, 11) is 8.86. The zero-order valence-electron chi connectivity index (χ0n) is 58.8. The molecular weight excluding hydrogens is 1100 g/mol. The van der Waals surface area contributed by atoms with Gasteiger partial charge in [0.05, 0.1) is 60.5 Å². The van der Waals surface area contributed by atoms with Crippen molar-refractivity contribution in [3.05, 3.63) is 24.3 Å². The SMILES string of the molecule is CCC(CC(CC1C[N+](C)(C)CC1CC)C(=O)NC(O)C=O)C(N)=O.CCCCCCCC/C=C/CCCCCCCCO.CCCCCCCC/C=C/CCCCCCCCOC(C)C(O)NC(=O)C(CC(CC)C(N)=O)CC1C[N+](C)(C)CC1CC. The van der Waals surface area contributed by atoms with Gasteiger partial charge in [0.2, 0.25) is 23.6 Å². The lowest BCUT2D eigenvalue weighted by atomic mass is 9.80. The van der Waals surface area contributed by atoms with Gasteiger partial charge in [-0.05, 0) is 122 Å². The Labute approximate surface area is 540 Å². The van der Waals surface area contributed by atoms with Gasteiger partial charge < -0.3 is 51.1 Å². The Kier molecular flexibility index (Phi) is 51.4. The molecule has 15 heteroatoms. The van der Waals surface area contributed by atoms with Gasteiger partial charge in [-0.25, -0.2) is 0 Å². The monoisotopic (exact) mass is 1250 g/mol. The Morgan fingerprint density at radius 3 is 1.15 bits per heavy atom. The lowest BCUT2D eigenvalue weighted by Gasteiger charge is -2.28. The van der Waals surface area contributed by atoms with Crippen LogP contribution in [0.1, 0.15) is 280 Å². The van der Waals surface area contributed by atoms with Gasteiger partial charge in [0.25, 0.3) is 0 Å². The molecule has 0 aromatic rings. The van der Waals surface area contributed by atoms with E-state index in [-0.39, 0.29) is 41.8 Å². The van der Waals surface area contributed by atoms with Gasteiger partial charge in [-0.15, -0.1) is 0 Å². The predicted molar refractivity (Wildman–Crippen MR) is 365 cm³/mol. The highest BCUT2D eigenvalue weighted by atomic mass is 16.5. The number of carbonyl (C=O) groups is 5. The average molecular weight is 1250 g/mol. The molecular formula is C73H142N6O9+2. The number of allylic oxidation sites excluding steroid dienone is 4. The normalized spacial score (nSPS) is 20.2. The third-order valence-corrected chi connectivity index (χ3v) is 19.0. The number of aliphatic hydroxyl groups excluding tert-OH is 3. The number of amides is 4. The molecule has 2 aliphatic rings. The minimum Gasteiger partial charge on any atom is -0.396 e. The summed E-state index contributed by atoms with van der Waals surface area (Å²) in [6.45, 7) is 19.6. The Morgan fingerprint density at radius 1 is 0.489 bits per heavy atom. The minimum atomic E-state index is -1.51. The second kappa shape index (κ2) is 53.3. The molecule has 11 unspecified atom stereocenters. The van der Waals surface area contributed by atoms with Crippen molar-refractivity contribution >= 4 is 29.9 Å². The van der Waals surface area contributed by atoms with E-state index < -0.39 is 30.4 Å². The number of hydrogen-bond donors (Lipinski definition) is 7. The third-order valence-electron chi connectivity index (χ3n) is 19.0.